The summed E-state index contributed by atoms with van der Waals surface area (Å²) in [6.45, 7) is 0. The van der Waals surface area contributed by atoms with Crippen molar-refractivity contribution < 1.29 is 9.21 Å². The summed E-state index contributed by atoms with van der Waals surface area (Å²) >= 11 is 7.27. The quantitative estimate of drug-likeness (QED) is 0.669. The highest BCUT2D eigenvalue weighted by atomic mass is 35.5. The maximum Gasteiger partial charge on any atom is 0.223 e. The molecule has 0 radical (unpaired) electrons. The lowest BCUT2D eigenvalue weighted by molar-refractivity contribution is 0.0976. The Morgan fingerprint density at radius 1 is 1.23 bits per heavy atom. The van der Waals surface area contributed by atoms with E-state index in [9.17, 15) is 4.79 Å². The fourth-order valence-corrected chi connectivity index (χ4v) is 3.64. The van der Waals surface area contributed by atoms with Gasteiger partial charge < -0.3 is 4.42 Å². The number of oxazole rings is 1. The molecule has 0 aliphatic heterocycles. The van der Waals surface area contributed by atoms with Gasteiger partial charge in [-0.25, -0.2) is 19.9 Å². The number of aryl methyl sites for hydroxylation is 1. The minimum absolute atomic E-state index is 0.123. The Bertz CT molecular complexity index is 860. The van der Waals surface area contributed by atoms with Crippen molar-refractivity contribution in [2.24, 2.45) is 0 Å². The van der Waals surface area contributed by atoms with E-state index in [2.05, 4.69) is 19.9 Å². The average molecular weight is 333 g/mol. The smallest absolute Gasteiger partial charge is 0.223 e. The standard InChI is InChI=1S/C14H9ClN4O2S/c15-14-17-4-7(10-5-16-6-21-10)11(19-14)13-18-8-2-1-3-9(20)12(8)22-13/h4-6H,1-3H2. The Hall–Kier alpha value is -2.12. The zero-order valence-electron chi connectivity index (χ0n) is 11.2. The van der Waals surface area contributed by atoms with Crippen molar-refractivity contribution in [2.45, 2.75) is 19.3 Å². The second kappa shape index (κ2) is 5.26. The Kier molecular flexibility index (Phi) is 3.24. The Morgan fingerprint density at radius 2 is 2.14 bits per heavy atom. The zero-order chi connectivity index (χ0) is 15.1. The number of carbonyl (C=O) groups is 1. The van der Waals surface area contributed by atoms with E-state index >= 15 is 0 Å². The van der Waals surface area contributed by atoms with Crippen LogP contribution in [0, 0.1) is 0 Å². The van der Waals surface area contributed by atoms with Gasteiger partial charge in [0.05, 0.1) is 22.3 Å². The van der Waals surface area contributed by atoms with Crippen molar-refractivity contribution >= 4 is 28.7 Å². The molecule has 1 aliphatic rings. The highest BCUT2D eigenvalue weighted by molar-refractivity contribution is 7.17. The van der Waals surface area contributed by atoms with Crippen LogP contribution in [0.5, 0.6) is 0 Å². The van der Waals surface area contributed by atoms with Crippen LogP contribution < -0.4 is 0 Å². The van der Waals surface area contributed by atoms with Gasteiger partial charge in [0, 0.05) is 12.6 Å². The molecule has 3 aromatic rings. The van der Waals surface area contributed by atoms with Gasteiger partial charge >= 0.3 is 0 Å². The van der Waals surface area contributed by atoms with Crippen LogP contribution in [-0.2, 0) is 6.42 Å². The third-order valence-electron chi connectivity index (χ3n) is 3.43. The molecule has 4 rings (SSSR count). The summed E-state index contributed by atoms with van der Waals surface area (Å²) in [6.07, 6.45) is 6.73. The third kappa shape index (κ3) is 2.22. The van der Waals surface area contributed by atoms with Crippen LogP contribution in [0.25, 0.3) is 22.0 Å². The molecule has 0 saturated heterocycles. The first-order chi connectivity index (χ1) is 10.7. The highest BCUT2D eigenvalue weighted by Gasteiger charge is 2.25. The molecule has 22 heavy (non-hydrogen) atoms. The van der Waals surface area contributed by atoms with Crippen LogP contribution in [-0.4, -0.2) is 25.7 Å². The van der Waals surface area contributed by atoms with Crippen LogP contribution in [0.2, 0.25) is 5.28 Å². The predicted molar refractivity (Wildman–Crippen MR) is 80.9 cm³/mol. The third-order valence-corrected chi connectivity index (χ3v) is 4.76. The first-order valence-electron chi connectivity index (χ1n) is 6.67. The Morgan fingerprint density at radius 3 is 2.91 bits per heavy atom. The highest BCUT2D eigenvalue weighted by Crippen LogP contribution is 2.36. The predicted octanol–water partition coefficient (Wildman–Crippen LogP) is 3.43. The van der Waals surface area contributed by atoms with Crippen molar-refractivity contribution in [2.75, 3.05) is 0 Å². The summed E-state index contributed by atoms with van der Waals surface area (Å²) in [6, 6.07) is 0. The Labute approximate surface area is 134 Å². The second-order valence-electron chi connectivity index (χ2n) is 4.84. The van der Waals surface area contributed by atoms with E-state index in [1.54, 1.807) is 12.4 Å². The van der Waals surface area contributed by atoms with Gasteiger partial charge in [-0.2, -0.15) is 0 Å². The van der Waals surface area contributed by atoms with Crippen LogP contribution in [0.3, 0.4) is 0 Å². The SMILES string of the molecule is O=C1CCCc2nc(-c3nc(Cl)ncc3-c3cnco3)sc21. The van der Waals surface area contributed by atoms with Gasteiger partial charge in [0.2, 0.25) is 5.28 Å². The topological polar surface area (TPSA) is 81.8 Å². The average Bonchev–Trinajstić information content (AvgIpc) is 3.17. The summed E-state index contributed by atoms with van der Waals surface area (Å²) in [5.74, 6) is 0.678. The molecule has 3 heterocycles. The Balaban J connectivity index is 1.89. The molecule has 0 saturated carbocycles. The van der Waals surface area contributed by atoms with Crippen molar-refractivity contribution in [1.29, 1.82) is 0 Å². The molecule has 6 nitrogen and oxygen atoms in total. The number of ketones is 1. The molecule has 1 aliphatic carbocycles. The van der Waals surface area contributed by atoms with Gasteiger partial charge in [-0.05, 0) is 24.4 Å². The molecule has 0 N–H and O–H groups in total. The minimum Gasteiger partial charge on any atom is -0.443 e. The van der Waals surface area contributed by atoms with Gasteiger partial charge in [0.25, 0.3) is 0 Å². The normalized spacial score (nSPS) is 14.1. The number of carbonyl (C=O) groups excluding carboxylic acids is 1. The maximum atomic E-state index is 12.0. The van der Waals surface area contributed by atoms with Crippen LogP contribution in [0.4, 0.5) is 0 Å². The monoisotopic (exact) mass is 332 g/mol. The molecule has 110 valence electrons. The first-order valence-corrected chi connectivity index (χ1v) is 7.86. The summed E-state index contributed by atoms with van der Waals surface area (Å²) in [5.41, 5.74) is 2.05. The van der Waals surface area contributed by atoms with Gasteiger partial charge in [-0.3, -0.25) is 4.79 Å². The molecule has 0 amide bonds. The van der Waals surface area contributed by atoms with E-state index in [1.807, 2.05) is 0 Å². The maximum absolute atomic E-state index is 12.0. The fourth-order valence-electron chi connectivity index (χ4n) is 2.42. The van der Waals surface area contributed by atoms with Crippen molar-refractivity contribution in [3.8, 4) is 22.0 Å². The van der Waals surface area contributed by atoms with Gasteiger partial charge in [-0.1, -0.05) is 0 Å². The summed E-state index contributed by atoms with van der Waals surface area (Å²) < 4.78 is 5.32. The summed E-state index contributed by atoms with van der Waals surface area (Å²) in [4.78, 5) is 29.5. The largest absolute Gasteiger partial charge is 0.443 e. The van der Waals surface area contributed by atoms with E-state index in [0.717, 1.165) is 23.4 Å². The lowest BCUT2D eigenvalue weighted by Crippen LogP contribution is -2.07. The number of thiazole rings is 1. The molecule has 0 atom stereocenters. The van der Waals surface area contributed by atoms with E-state index in [-0.39, 0.29) is 11.1 Å². The number of rotatable bonds is 2. The van der Waals surface area contributed by atoms with Crippen molar-refractivity contribution in [1.82, 2.24) is 19.9 Å². The summed E-state index contributed by atoms with van der Waals surface area (Å²) in [7, 11) is 0. The molecule has 0 bridgehead atoms. The molecular formula is C14H9ClN4O2S. The zero-order valence-corrected chi connectivity index (χ0v) is 12.8. The van der Waals surface area contributed by atoms with E-state index in [4.69, 9.17) is 16.0 Å². The number of aromatic nitrogens is 4. The van der Waals surface area contributed by atoms with E-state index < -0.39 is 0 Å². The van der Waals surface area contributed by atoms with Gasteiger partial charge in [-0.15, -0.1) is 11.3 Å². The fraction of sp³-hybridized carbons (Fsp3) is 0.214. The van der Waals surface area contributed by atoms with Crippen molar-refractivity contribution in [3.63, 3.8) is 0 Å². The number of Topliss-reactive ketones (excluding diaryl/α,β-unsaturated/α-hetero) is 1. The molecule has 0 spiro atoms. The lowest BCUT2D eigenvalue weighted by atomic mass is 10.0. The molecule has 0 unspecified atom stereocenters. The molecule has 0 aromatic carbocycles. The van der Waals surface area contributed by atoms with E-state index in [0.29, 0.717) is 28.4 Å². The van der Waals surface area contributed by atoms with Crippen molar-refractivity contribution in [3.05, 3.63) is 34.6 Å². The van der Waals surface area contributed by atoms with Gasteiger partial charge in [0.15, 0.2) is 17.9 Å². The number of halogens is 1. The van der Waals surface area contributed by atoms with Crippen LogP contribution in [0.1, 0.15) is 28.2 Å². The minimum atomic E-state index is 0.123. The second-order valence-corrected chi connectivity index (χ2v) is 6.18. The lowest BCUT2D eigenvalue weighted by Gasteiger charge is -2.06. The molecule has 0 fully saturated rings. The number of hydrogen-bond donors (Lipinski definition) is 0. The van der Waals surface area contributed by atoms with E-state index in [1.165, 1.54) is 17.7 Å². The molecular weight excluding hydrogens is 324 g/mol. The number of nitrogens with zero attached hydrogens (tertiary/aromatic N) is 4. The van der Waals surface area contributed by atoms with Crippen LogP contribution >= 0.6 is 22.9 Å². The summed E-state index contributed by atoms with van der Waals surface area (Å²) in [5, 5.41) is 0.772. The van der Waals surface area contributed by atoms with Crippen LogP contribution in [0.15, 0.2) is 23.2 Å². The first kappa shape index (κ1) is 13.5. The molecule has 8 heteroatoms. The number of hydrogen-bond acceptors (Lipinski definition) is 7. The van der Waals surface area contributed by atoms with Gasteiger partial charge in [0.1, 0.15) is 10.7 Å². The number of fused-ring (bicyclic) bond motifs is 1. The molecule has 3 aromatic heterocycles.